The fourth-order valence-electron chi connectivity index (χ4n) is 1.68. The molecule has 1 unspecified atom stereocenters. The van der Waals surface area contributed by atoms with Gasteiger partial charge in [0.15, 0.2) is 11.6 Å². The molecule has 0 aromatic heterocycles. The van der Waals surface area contributed by atoms with Crippen LogP contribution in [0, 0.1) is 24.0 Å². The molecular weight excluding hydrogens is 228 g/mol. The van der Waals surface area contributed by atoms with E-state index in [1.54, 1.807) is 0 Å². The van der Waals surface area contributed by atoms with Gasteiger partial charge in [-0.25, -0.2) is 8.78 Å². The normalized spacial score (nSPS) is 15.8. The van der Waals surface area contributed by atoms with Gasteiger partial charge in [0, 0.05) is 0 Å². The molecule has 3 nitrogen and oxygen atoms in total. The first-order valence-electron chi connectivity index (χ1n) is 4.80. The molecule has 1 aromatic carbocycles. The van der Waals surface area contributed by atoms with Crippen molar-refractivity contribution in [3.63, 3.8) is 0 Å². The molecule has 0 radical (unpaired) electrons. The van der Waals surface area contributed by atoms with E-state index in [-0.39, 0.29) is 11.1 Å². The van der Waals surface area contributed by atoms with Crippen LogP contribution >= 0.6 is 0 Å². The van der Waals surface area contributed by atoms with Crippen molar-refractivity contribution in [2.75, 3.05) is 0 Å². The molecule has 1 heterocycles. The Balaban J connectivity index is 2.58. The highest BCUT2D eigenvalue weighted by molar-refractivity contribution is 6.21. The number of hydrogen-bond acceptors (Lipinski definition) is 2. The number of nitrogens with zero attached hydrogens (tertiary/aromatic N) is 1. The Morgan fingerprint density at radius 1 is 1.18 bits per heavy atom. The van der Waals surface area contributed by atoms with Gasteiger partial charge in [0.1, 0.15) is 0 Å². The molecule has 5 heteroatoms. The number of benzene rings is 1. The number of carbonyl (C=O) groups is 2. The van der Waals surface area contributed by atoms with Crippen molar-refractivity contribution < 1.29 is 18.4 Å². The van der Waals surface area contributed by atoms with E-state index >= 15 is 0 Å². The van der Waals surface area contributed by atoms with Crippen molar-refractivity contribution in [2.24, 2.45) is 0 Å². The van der Waals surface area contributed by atoms with Gasteiger partial charge in [-0.3, -0.25) is 14.5 Å². The smallest absolute Gasteiger partial charge is 0.262 e. The minimum absolute atomic E-state index is 0.156. The molecule has 1 aromatic rings. The average molecular weight is 235 g/mol. The van der Waals surface area contributed by atoms with Crippen molar-refractivity contribution in [3.8, 4) is 12.3 Å². The molecule has 1 aliphatic rings. The van der Waals surface area contributed by atoms with Gasteiger partial charge in [-0.1, -0.05) is 5.92 Å². The lowest BCUT2D eigenvalue weighted by atomic mass is 10.1. The van der Waals surface area contributed by atoms with Crippen molar-refractivity contribution in [1.82, 2.24) is 4.90 Å². The molecule has 2 amide bonds. The van der Waals surface area contributed by atoms with E-state index in [9.17, 15) is 18.4 Å². The number of terminal acetylenes is 1. The fourth-order valence-corrected chi connectivity index (χ4v) is 1.68. The average Bonchev–Trinajstić information content (AvgIpc) is 2.52. The van der Waals surface area contributed by atoms with Crippen molar-refractivity contribution in [1.29, 1.82) is 0 Å². The Morgan fingerprint density at radius 3 is 1.94 bits per heavy atom. The van der Waals surface area contributed by atoms with Gasteiger partial charge < -0.3 is 0 Å². The van der Waals surface area contributed by atoms with Crippen LogP contribution < -0.4 is 0 Å². The highest BCUT2D eigenvalue weighted by atomic mass is 19.2. The second-order valence-electron chi connectivity index (χ2n) is 3.63. The van der Waals surface area contributed by atoms with Gasteiger partial charge in [-0.05, 0) is 19.1 Å². The maximum atomic E-state index is 13.0. The summed E-state index contributed by atoms with van der Waals surface area (Å²) in [5.41, 5.74) is -0.313. The zero-order valence-electron chi connectivity index (χ0n) is 8.83. The van der Waals surface area contributed by atoms with Gasteiger partial charge in [0.2, 0.25) is 0 Å². The number of halogens is 2. The summed E-state index contributed by atoms with van der Waals surface area (Å²) in [4.78, 5) is 24.4. The topological polar surface area (TPSA) is 37.4 Å². The van der Waals surface area contributed by atoms with Gasteiger partial charge in [0.05, 0.1) is 17.2 Å². The summed E-state index contributed by atoms with van der Waals surface area (Å²) in [5, 5.41) is 0. The summed E-state index contributed by atoms with van der Waals surface area (Å²) in [6.45, 7) is 1.48. The molecule has 0 fully saturated rings. The van der Waals surface area contributed by atoms with Crippen LogP contribution in [0.25, 0.3) is 0 Å². The summed E-state index contributed by atoms with van der Waals surface area (Å²) >= 11 is 0. The number of hydrogen-bond donors (Lipinski definition) is 0. The second-order valence-corrected chi connectivity index (χ2v) is 3.63. The van der Waals surface area contributed by atoms with E-state index in [0.717, 1.165) is 4.90 Å². The van der Waals surface area contributed by atoms with Crippen LogP contribution in [0.2, 0.25) is 0 Å². The Labute approximate surface area is 96.0 Å². The van der Waals surface area contributed by atoms with Crippen molar-refractivity contribution >= 4 is 11.8 Å². The van der Waals surface area contributed by atoms with E-state index in [2.05, 4.69) is 5.92 Å². The Hall–Kier alpha value is -2.22. The number of imide groups is 1. The standard InChI is InChI=1S/C12H7F2NO2/c1-3-6(2)15-11(16)7-4-9(13)10(14)5-8(7)12(15)17/h1,4-6H,2H3. The largest absolute Gasteiger partial charge is 0.269 e. The molecular formula is C12H7F2NO2. The SMILES string of the molecule is C#CC(C)N1C(=O)c2cc(F)c(F)cc2C1=O. The molecule has 1 atom stereocenters. The first-order chi connectivity index (χ1) is 7.97. The van der Waals surface area contributed by atoms with E-state index in [4.69, 9.17) is 6.42 Å². The van der Waals surface area contributed by atoms with Crippen LogP contribution in [-0.2, 0) is 0 Å². The van der Waals surface area contributed by atoms with Gasteiger partial charge >= 0.3 is 0 Å². The summed E-state index contributed by atoms with van der Waals surface area (Å²) in [5.74, 6) is -1.50. The highest BCUT2D eigenvalue weighted by Gasteiger charge is 2.39. The van der Waals surface area contributed by atoms with Crippen LogP contribution in [0.4, 0.5) is 8.78 Å². The molecule has 0 saturated carbocycles. The van der Waals surface area contributed by atoms with Crippen LogP contribution in [0.1, 0.15) is 27.6 Å². The lowest BCUT2D eigenvalue weighted by molar-refractivity contribution is 0.0630. The molecule has 86 valence electrons. The zero-order chi connectivity index (χ0) is 12.7. The lowest BCUT2D eigenvalue weighted by Crippen LogP contribution is -2.36. The third-order valence-electron chi connectivity index (χ3n) is 2.59. The molecule has 0 saturated heterocycles. The Bertz CT molecular complexity index is 534. The minimum atomic E-state index is -1.17. The molecule has 1 aliphatic heterocycles. The third kappa shape index (κ3) is 1.49. The van der Waals surface area contributed by atoms with E-state index < -0.39 is 29.5 Å². The van der Waals surface area contributed by atoms with Gasteiger partial charge in [-0.15, -0.1) is 6.42 Å². The number of rotatable bonds is 1. The quantitative estimate of drug-likeness (QED) is 0.547. The van der Waals surface area contributed by atoms with Gasteiger partial charge in [0.25, 0.3) is 11.8 Å². The Morgan fingerprint density at radius 2 is 1.59 bits per heavy atom. The monoisotopic (exact) mass is 235 g/mol. The van der Waals surface area contributed by atoms with Crippen molar-refractivity contribution in [3.05, 3.63) is 34.9 Å². The van der Waals surface area contributed by atoms with E-state index in [1.165, 1.54) is 6.92 Å². The highest BCUT2D eigenvalue weighted by Crippen LogP contribution is 2.26. The molecule has 0 N–H and O–H groups in total. The maximum Gasteiger partial charge on any atom is 0.262 e. The van der Waals surface area contributed by atoms with Crippen LogP contribution in [0.15, 0.2) is 12.1 Å². The second kappa shape index (κ2) is 3.67. The van der Waals surface area contributed by atoms with Crippen LogP contribution in [0.5, 0.6) is 0 Å². The summed E-state index contributed by atoms with van der Waals surface area (Å²) in [7, 11) is 0. The summed E-state index contributed by atoms with van der Waals surface area (Å²) < 4.78 is 26.0. The molecule has 0 bridgehead atoms. The number of amides is 2. The van der Waals surface area contributed by atoms with Gasteiger partial charge in [-0.2, -0.15) is 0 Å². The van der Waals surface area contributed by atoms with Crippen LogP contribution in [-0.4, -0.2) is 22.8 Å². The predicted molar refractivity (Wildman–Crippen MR) is 55.2 cm³/mol. The molecule has 0 spiro atoms. The fraction of sp³-hybridized carbons (Fsp3) is 0.167. The molecule has 0 aliphatic carbocycles. The number of fused-ring (bicyclic) bond motifs is 1. The molecule has 2 rings (SSSR count). The zero-order valence-corrected chi connectivity index (χ0v) is 8.83. The van der Waals surface area contributed by atoms with E-state index in [0.29, 0.717) is 12.1 Å². The molecule has 17 heavy (non-hydrogen) atoms. The Kier molecular flexibility index (Phi) is 2.43. The predicted octanol–water partition coefficient (Wildman–Crippen LogP) is 1.58. The third-order valence-corrected chi connectivity index (χ3v) is 2.59. The lowest BCUT2D eigenvalue weighted by Gasteiger charge is -2.16. The summed E-state index contributed by atoms with van der Waals surface area (Å²) in [6.07, 6.45) is 5.13. The first-order valence-corrected chi connectivity index (χ1v) is 4.80. The van der Waals surface area contributed by atoms with E-state index in [1.807, 2.05) is 0 Å². The van der Waals surface area contributed by atoms with Crippen molar-refractivity contribution in [2.45, 2.75) is 13.0 Å². The van der Waals surface area contributed by atoms with Crippen LogP contribution in [0.3, 0.4) is 0 Å². The minimum Gasteiger partial charge on any atom is -0.269 e. The first kappa shape index (κ1) is 11.3. The summed E-state index contributed by atoms with van der Waals surface area (Å²) in [6, 6.07) is 0.677. The maximum absolute atomic E-state index is 13.0. The number of carbonyl (C=O) groups excluding carboxylic acids is 2.